The van der Waals surface area contributed by atoms with Crippen molar-refractivity contribution in [2.24, 2.45) is 0 Å². The standard InChI is InChI=1S/C14H14N6S/c1-5-17-14(18-6-1)19-7-2-10-21-12-4-3-11-13(20-12)16-9-8-15-11/h1,3-6,8-9H,2,7,10H2,(H,17,18,19). The fraction of sp³-hybridized carbons (Fsp3) is 0.214. The van der Waals surface area contributed by atoms with Crippen molar-refractivity contribution in [1.29, 1.82) is 0 Å². The van der Waals surface area contributed by atoms with E-state index in [2.05, 4.69) is 30.2 Å². The molecule has 0 bridgehead atoms. The third kappa shape index (κ3) is 3.85. The Kier molecular flexibility index (Phi) is 4.52. The largest absolute Gasteiger partial charge is 0.354 e. The second-order valence-corrected chi connectivity index (χ2v) is 5.36. The van der Waals surface area contributed by atoms with E-state index >= 15 is 0 Å². The van der Waals surface area contributed by atoms with Crippen molar-refractivity contribution in [3.63, 3.8) is 0 Å². The van der Waals surface area contributed by atoms with Crippen molar-refractivity contribution in [1.82, 2.24) is 24.9 Å². The maximum Gasteiger partial charge on any atom is 0.222 e. The number of fused-ring (bicyclic) bond motifs is 1. The first-order valence-electron chi connectivity index (χ1n) is 6.63. The van der Waals surface area contributed by atoms with Gasteiger partial charge >= 0.3 is 0 Å². The summed E-state index contributed by atoms with van der Waals surface area (Å²) in [4.78, 5) is 21.1. The maximum atomic E-state index is 4.48. The number of pyridine rings is 1. The summed E-state index contributed by atoms with van der Waals surface area (Å²) in [6.45, 7) is 0.838. The average Bonchev–Trinajstić information content (AvgIpc) is 2.55. The number of aromatic nitrogens is 5. The molecule has 3 aromatic heterocycles. The number of rotatable bonds is 6. The smallest absolute Gasteiger partial charge is 0.222 e. The lowest BCUT2D eigenvalue weighted by atomic mass is 10.4. The molecule has 3 rings (SSSR count). The molecule has 0 radical (unpaired) electrons. The topological polar surface area (TPSA) is 76.5 Å². The highest BCUT2D eigenvalue weighted by atomic mass is 32.2. The molecule has 6 nitrogen and oxygen atoms in total. The van der Waals surface area contributed by atoms with Crippen LogP contribution in [0.25, 0.3) is 11.2 Å². The number of thioether (sulfide) groups is 1. The summed E-state index contributed by atoms with van der Waals surface area (Å²) < 4.78 is 0. The lowest BCUT2D eigenvalue weighted by molar-refractivity contribution is 0.959. The van der Waals surface area contributed by atoms with Gasteiger partial charge in [0.15, 0.2) is 5.65 Å². The van der Waals surface area contributed by atoms with Crippen LogP contribution >= 0.6 is 11.8 Å². The summed E-state index contributed by atoms with van der Waals surface area (Å²) in [5.41, 5.74) is 1.52. The van der Waals surface area contributed by atoms with Crippen molar-refractivity contribution in [3.8, 4) is 0 Å². The van der Waals surface area contributed by atoms with Crippen LogP contribution in [0, 0.1) is 0 Å². The third-order valence-corrected chi connectivity index (χ3v) is 3.74. The van der Waals surface area contributed by atoms with E-state index in [4.69, 9.17) is 0 Å². The minimum Gasteiger partial charge on any atom is -0.354 e. The van der Waals surface area contributed by atoms with Crippen LogP contribution in [-0.4, -0.2) is 37.2 Å². The third-order valence-electron chi connectivity index (χ3n) is 2.73. The van der Waals surface area contributed by atoms with Gasteiger partial charge < -0.3 is 5.32 Å². The zero-order valence-electron chi connectivity index (χ0n) is 11.3. The Morgan fingerprint density at radius 2 is 1.81 bits per heavy atom. The van der Waals surface area contributed by atoms with E-state index < -0.39 is 0 Å². The first-order valence-corrected chi connectivity index (χ1v) is 7.62. The van der Waals surface area contributed by atoms with Crippen LogP contribution in [0.5, 0.6) is 0 Å². The molecule has 0 aromatic carbocycles. The van der Waals surface area contributed by atoms with Gasteiger partial charge in [-0.25, -0.2) is 19.9 Å². The van der Waals surface area contributed by atoms with E-state index in [1.807, 2.05) is 12.1 Å². The molecule has 0 atom stereocenters. The number of nitrogens with zero attached hydrogens (tertiary/aromatic N) is 5. The van der Waals surface area contributed by atoms with Gasteiger partial charge in [-0.2, -0.15) is 0 Å². The predicted molar refractivity (Wildman–Crippen MR) is 83.2 cm³/mol. The molecule has 0 aliphatic rings. The molecule has 0 saturated heterocycles. The van der Waals surface area contributed by atoms with Crippen LogP contribution in [0.15, 0.2) is 48.0 Å². The van der Waals surface area contributed by atoms with Crippen LogP contribution in [0.4, 0.5) is 5.95 Å². The first-order chi connectivity index (χ1) is 10.4. The summed E-state index contributed by atoms with van der Waals surface area (Å²) in [5.74, 6) is 1.64. The maximum absolute atomic E-state index is 4.48. The molecule has 0 fully saturated rings. The van der Waals surface area contributed by atoms with E-state index in [0.29, 0.717) is 11.6 Å². The zero-order chi connectivity index (χ0) is 14.3. The van der Waals surface area contributed by atoms with Crippen LogP contribution in [0.2, 0.25) is 0 Å². The molecule has 21 heavy (non-hydrogen) atoms. The molecular formula is C14H14N6S. The highest BCUT2D eigenvalue weighted by Crippen LogP contribution is 2.18. The highest BCUT2D eigenvalue weighted by Gasteiger charge is 2.00. The minimum atomic E-state index is 0.668. The van der Waals surface area contributed by atoms with Crippen LogP contribution in [-0.2, 0) is 0 Å². The SMILES string of the molecule is c1cnc(NCCCSc2ccc3nccnc3n2)nc1. The molecule has 0 unspecified atom stereocenters. The quantitative estimate of drug-likeness (QED) is 0.553. The summed E-state index contributed by atoms with van der Waals surface area (Å²) in [5, 5.41) is 4.15. The van der Waals surface area contributed by atoms with Gasteiger partial charge in [-0.3, -0.25) is 4.98 Å². The normalized spacial score (nSPS) is 10.7. The van der Waals surface area contributed by atoms with Gasteiger partial charge in [0.1, 0.15) is 5.52 Å². The molecule has 0 spiro atoms. The van der Waals surface area contributed by atoms with Crippen molar-refractivity contribution in [2.45, 2.75) is 11.4 Å². The fourth-order valence-electron chi connectivity index (χ4n) is 1.76. The number of hydrogen-bond donors (Lipinski definition) is 1. The van der Waals surface area contributed by atoms with E-state index in [1.54, 1.807) is 42.6 Å². The fourth-order valence-corrected chi connectivity index (χ4v) is 2.57. The van der Waals surface area contributed by atoms with Gasteiger partial charge in [0.2, 0.25) is 5.95 Å². The van der Waals surface area contributed by atoms with E-state index in [1.165, 1.54) is 0 Å². The van der Waals surface area contributed by atoms with Gasteiger partial charge in [-0.15, -0.1) is 11.8 Å². The van der Waals surface area contributed by atoms with Crippen molar-refractivity contribution >= 4 is 28.9 Å². The van der Waals surface area contributed by atoms with Gasteiger partial charge in [-0.1, -0.05) is 0 Å². The molecule has 106 valence electrons. The Hall–Kier alpha value is -2.28. The van der Waals surface area contributed by atoms with Gasteiger partial charge in [0, 0.05) is 37.1 Å². The second kappa shape index (κ2) is 6.94. The average molecular weight is 298 g/mol. The molecule has 3 aromatic rings. The molecule has 0 amide bonds. The number of hydrogen-bond acceptors (Lipinski definition) is 7. The summed E-state index contributed by atoms with van der Waals surface area (Å²) >= 11 is 1.71. The van der Waals surface area contributed by atoms with E-state index in [0.717, 1.165) is 29.3 Å². The molecule has 0 aliphatic carbocycles. The monoisotopic (exact) mass is 298 g/mol. The zero-order valence-corrected chi connectivity index (χ0v) is 12.1. The minimum absolute atomic E-state index is 0.668. The highest BCUT2D eigenvalue weighted by molar-refractivity contribution is 7.99. The Morgan fingerprint density at radius 1 is 0.952 bits per heavy atom. The van der Waals surface area contributed by atoms with Crippen molar-refractivity contribution in [2.75, 3.05) is 17.6 Å². The molecule has 3 heterocycles. The molecule has 0 aliphatic heterocycles. The predicted octanol–water partition coefficient (Wildman–Crippen LogP) is 2.41. The molecule has 7 heteroatoms. The van der Waals surface area contributed by atoms with Crippen LogP contribution in [0.1, 0.15) is 6.42 Å². The molecule has 0 saturated carbocycles. The van der Waals surface area contributed by atoms with Crippen LogP contribution in [0.3, 0.4) is 0 Å². The lowest BCUT2D eigenvalue weighted by Gasteiger charge is -2.04. The van der Waals surface area contributed by atoms with Crippen molar-refractivity contribution in [3.05, 3.63) is 43.0 Å². The Bertz CT molecular complexity index is 706. The lowest BCUT2D eigenvalue weighted by Crippen LogP contribution is -2.05. The van der Waals surface area contributed by atoms with Gasteiger partial charge in [0.25, 0.3) is 0 Å². The number of nitrogens with one attached hydrogen (secondary N) is 1. The summed E-state index contributed by atoms with van der Waals surface area (Å²) in [7, 11) is 0. The van der Waals surface area contributed by atoms with Crippen molar-refractivity contribution < 1.29 is 0 Å². The molecule has 1 N–H and O–H groups in total. The Labute approximate surface area is 126 Å². The van der Waals surface area contributed by atoms with E-state index in [-0.39, 0.29) is 0 Å². The Morgan fingerprint density at radius 3 is 2.71 bits per heavy atom. The summed E-state index contributed by atoms with van der Waals surface area (Å²) in [6, 6.07) is 5.73. The Balaban J connectivity index is 1.46. The van der Waals surface area contributed by atoms with Gasteiger partial charge in [0.05, 0.1) is 5.03 Å². The molecular weight excluding hydrogens is 284 g/mol. The summed E-state index contributed by atoms with van der Waals surface area (Å²) in [6.07, 6.45) is 7.79. The first kappa shape index (κ1) is 13.7. The second-order valence-electron chi connectivity index (χ2n) is 4.25. The number of anilines is 1. The van der Waals surface area contributed by atoms with Crippen LogP contribution < -0.4 is 5.32 Å². The van der Waals surface area contributed by atoms with Gasteiger partial charge in [-0.05, 0) is 24.6 Å². The van der Waals surface area contributed by atoms with E-state index in [9.17, 15) is 0 Å².